The second kappa shape index (κ2) is 5.59. The summed E-state index contributed by atoms with van der Waals surface area (Å²) >= 11 is 1.41. The van der Waals surface area contributed by atoms with Crippen LogP contribution in [0.2, 0.25) is 0 Å². The quantitative estimate of drug-likeness (QED) is 0.686. The zero-order chi connectivity index (χ0) is 15.8. The predicted octanol–water partition coefficient (Wildman–Crippen LogP) is 4.00. The molecule has 21 heavy (non-hydrogen) atoms. The number of anilines is 1. The van der Waals surface area contributed by atoms with Gasteiger partial charge >= 0.3 is 0 Å². The minimum atomic E-state index is -1.69. The van der Waals surface area contributed by atoms with Crippen molar-refractivity contribution in [2.75, 3.05) is 5.32 Å². The largest absolute Gasteiger partial charge is 0.374 e. The van der Waals surface area contributed by atoms with Gasteiger partial charge in [0.1, 0.15) is 5.69 Å². The van der Waals surface area contributed by atoms with E-state index >= 15 is 0 Å². The van der Waals surface area contributed by atoms with Gasteiger partial charge < -0.3 is 5.32 Å². The van der Waals surface area contributed by atoms with E-state index in [1.165, 1.54) is 11.3 Å². The van der Waals surface area contributed by atoms with Crippen molar-refractivity contribution >= 4 is 17.0 Å². The van der Waals surface area contributed by atoms with Gasteiger partial charge in [-0.25, -0.2) is 4.98 Å². The van der Waals surface area contributed by atoms with Crippen molar-refractivity contribution in [3.8, 4) is 0 Å². The van der Waals surface area contributed by atoms with Crippen LogP contribution in [-0.2, 0) is 12.0 Å². The van der Waals surface area contributed by atoms with Crippen molar-refractivity contribution in [3.63, 3.8) is 0 Å². The summed E-state index contributed by atoms with van der Waals surface area (Å²) in [5.74, 6) is -6.49. The monoisotopic (exact) mass is 319 g/mol. The van der Waals surface area contributed by atoms with Gasteiger partial charge in [-0.05, 0) is 0 Å². The van der Waals surface area contributed by atoms with Gasteiger partial charge in [0.2, 0.25) is 11.6 Å². The topological polar surface area (TPSA) is 37.8 Å². The standard InChI is InChI=1S/C13H13F4N3S/c1-13(2,3)12-19-6(5-21-12)4-18-9-7(14)10(16)20-11(17)8(9)15/h5H,4H2,1-3H3,(H,18,20). The molecule has 0 saturated carbocycles. The van der Waals surface area contributed by atoms with Gasteiger partial charge in [0.05, 0.1) is 17.2 Å². The van der Waals surface area contributed by atoms with E-state index in [0.717, 1.165) is 5.01 Å². The minimum absolute atomic E-state index is 0.0523. The number of nitrogens with zero attached hydrogens (tertiary/aromatic N) is 2. The van der Waals surface area contributed by atoms with Crippen LogP contribution in [0.3, 0.4) is 0 Å². The first kappa shape index (κ1) is 15.7. The van der Waals surface area contributed by atoms with Crippen molar-refractivity contribution in [1.82, 2.24) is 9.97 Å². The Hall–Kier alpha value is -1.70. The smallest absolute Gasteiger partial charge is 0.253 e. The van der Waals surface area contributed by atoms with Crippen molar-refractivity contribution in [3.05, 3.63) is 39.6 Å². The lowest BCUT2D eigenvalue weighted by Crippen LogP contribution is -2.12. The normalized spacial score (nSPS) is 11.8. The first-order chi connectivity index (χ1) is 9.70. The highest BCUT2D eigenvalue weighted by Crippen LogP contribution is 2.27. The molecule has 8 heteroatoms. The van der Waals surface area contributed by atoms with Crippen LogP contribution in [0.15, 0.2) is 5.38 Å². The van der Waals surface area contributed by atoms with E-state index in [0.29, 0.717) is 5.69 Å². The molecule has 1 N–H and O–H groups in total. The van der Waals surface area contributed by atoms with Gasteiger partial charge in [-0.15, -0.1) is 11.3 Å². The number of nitrogens with one attached hydrogen (secondary N) is 1. The Labute approximate surface area is 123 Å². The van der Waals surface area contributed by atoms with Crippen molar-refractivity contribution in [2.24, 2.45) is 0 Å². The molecule has 0 spiro atoms. The number of pyridine rings is 1. The molecule has 0 fully saturated rings. The fraction of sp³-hybridized carbons (Fsp3) is 0.385. The molecule has 0 aliphatic heterocycles. The summed E-state index contributed by atoms with van der Waals surface area (Å²) in [5, 5.41) is 4.89. The molecule has 0 aromatic carbocycles. The lowest BCUT2D eigenvalue weighted by Gasteiger charge is -2.13. The first-order valence-electron chi connectivity index (χ1n) is 6.09. The van der Waals surface area contributed by atoms with E-state index < -0.39 is 29.2 Å². The third-order valence-electron chi connectivity index (χ3n) is 2.64. The number of rotatable bonds is 3. The van der Waals surface area contributed by atoms with Crippen LogP contribution in [0.25, 0.3) is 0 Å². The molecule has 2 heterocycles. The molecule has 114 valence electrons. The molecule has 0 radical (unpaired) electrons. The summed E-state index contributed by atoms with van der Waals surface area (Å²) in [6, 6.07) is 0. The molecule has 0 saturated heterocycles. The van der Waals surface area contributed by atoms with Gasteiger partial charge in [-0.3, -0.25) is 0 Å². The number of halogens is 4. The third kappa shape index (κ3) is 3.31. The van der Waals surface area contributed by atoms with E-state index in [2.05, 4.69) is 15.3 Å². The van der Waals surface area contributed by atoms with Crippen molar-refractivity contribution in [2.45, 2.75) is 32.7 Å². The van der Waals surface area contributed by atoms with Crippen LogP contribution >= 0.6 is 11.3 Å². The van der Waals surface area contributed by atoms with Gasteiger partial charge in [-0.1, -0.05) is 20.8 Å². The van der Waals surface area contributed by atoms with Crippen LogP contribution in [0.4, 0.5) is 23.2 Å². The second-order valence-electron chi connectivity index (χ2n) is 5.44. The molecular weight excluding hydrogens is 306 g/mol. The zero-order valence-electron chi connectivity index (χ0n) is 11.6. The summed E-state index contributed by atoms with van der Waals surface area (Å²) in [6.07, 6.45) is 0. The molecule has 2 aromatic heterocycles. The van der Waals surface area contributed by atoms with Crippen LogP contribution in [0, 0.1) is 23.5 Å². The van der Waals surface area contributed by atoms with E-state index in [9.17, 15) is 17.6 Å². The van der Waals surface area contributed by atoms with Crippen LogP contribution in [-0.4, -0.2) is 9.97 Å². The Kier molecular flexibility index (Phi) is 4.18. The maximum absolute atomic E-state index is 13.4. The highest BCUT2D eigenvalue weighted by molar-refractivity contribution is 7.09. The van der Waals surface area contributed by atoms with E-state index in [1.54, 1.807) is 5.38 Å². The highest BCUT2D eigenvalue weighted by Gasteiger charge is 2.21. The fourth-order valence-electron chi connectivity index (χ4n) is 1.55. The Morgan fingerprint density at radius 2 is 1.62 bits per heavy atom. The second-order valence-corrected chi connectivity index (χ2v) is 6.30. The Balaban J connectivity index is 2.19. The van der Waals surface area contributed by atoms with Crippen molar-refractivity contribution in [1.29, 1.82) is 0 Å². The summed E-state index contributed by atoms with van der Waals surface area (Å²) in [7, 11) is 0. The molecule has 0 unspecified atom stereocenters. The molecule has 0 aliphatic rings. The number of hydrogen-bond acceptors (Lipinski definition) is 4. The molecule has 0 aliphatic carbocycles. The summed E-state index contributed by atoms with van der Waals surface area (Å²) in [5.41, 5.74) is -0.499. The average Bonchev–Trinajstić information content (AvgIpc) is 2.85. The Morgan fingerprint density at radius 3 is 2.10 bits per heavy atom. The molecule has 0 bridgehead atoms. The molecule has 2 rings (SSSR count). The summed E-state index contributed by atoms with van der Waals surface area (Å²) < 4.78 is 52.8. The van der Waals surface area contributed by atoms with Crippen LogP contribution in [0.1, 0.15) is 31.5 Å². The summed E-state index contributed by atoms with van der Waals surface area (Å²) in [4.78, 5) is 6.80. The maximum Gasteiger partial charge on any atom is 0.253 e. The van der Waals surface area contributed by atoms with Gasteiger partial charge in [-0.2, -0.15) is 22.5 Å². The van der Waals surface area contributed by atoms with E-state index in [1.807, 2.05) is 20.8 Å². The van der Waals surface area contributed by atoms with Gasteiger partial charge in [0, 0.05) is 10.8 Å². The highest BCUT2D eigenvalue weighted by atomic mass is 32.1. The Bertz CT molecular complexity index is 638. The van der Waals surface area contributed by atoms with E-state index in [-0.39, 0.29) is 12.0 Å². The van der Waals surface area contributed by atoms with Crippen LogP contribution < -0.4 is 5.32 Å². The SMILES string of the molecule is CC(C)(C)c1nc(CNc2c(F)c(F)nc(F)c2F)cs1. The lowest BCUT2D eigenvalue weighted by molar-refractivity contribution is 0.410. The van der Waals surface area contributed by atoms with E-state index in [4.69, 9.17) is 0 Å². The molecular formula is C13H13F4N3S. The Morgan fingerprint density at radius 1 is 1.05 bits per heavy atom. The van der Waals surface area contributed by atoms with Crippen LogP contribution in [0.5, 0.6) is 0 Å². The predicted molar refractivity (Wildman–Crippen MR) is 72.2 cm³/mol. The lowest BCUT2D eigenvalue weighted by atomic mass is 9.98. The fourth-order valence-corrected chi connectivity index (χ4v) is 2.46. The first-order valence-corrected chi connectivity index (χ1v) is 6.97. The minimum Gasteiger partial charge on any atom is -0.374 e. The summed E-state index contributed by atoms with van der Waals surface area (Å²) in [6.45, 7) is 5.89. The van der Waals surface area contributed by atoms with Gasteiger partial charge in [0.25, 0.3) is 11.9 Å². The number of aromatic nitrogens is 2. The molecule has 0 amide bonds. The van der Waals surface area contributed by atoms with Gasteiger partial charge in [0.15, 0.2) is 0 Å². The maximum atomic E-state index is 13.4. The molecule has 0 atom stereocenters. The zero-order valence-corrected chi connectivity index (χ0v) is 12.4. The molecule has 2 aromatic rings. The van der Waals surface area contributed by atoms with Crippen molar-refractivity contribution < 1.29 is 17.6 Å². The molecule has 3 nitrogen and oxygen atoms in total. The number of hydrogen-bond donors (Lipinski definition) is 1. The number of thiazole rings is 1. The third-order valence-corrected chi connectivity index (χ3v) is 3.95. The average molecular weight is 319 g/mol.